The van der Waals surface area contributed by atoms with E-state index in [1.165, 1.54) is 24.0 Å². The first-order valence-corrected chi connectivity index (χ1v) is 6.38. The molecule has 0 atom stereocenters. The average molecular weight is 217 g/mol. The maximum Gasteiger partial charge on any atom is 0.0287 e. The summed E-state index contributed by atoms with van der Waals surface area (Å²) in [4.78, 5) is 0. The summed E-state index contributed by atoms with van der Waals surface area (Å²) in [5.41, 5.74) is 3.34. The molecule has 1 aromatic rings. The van der Waals surface area contributed by atoms with Gasteiger partial charge in [-0.15, -0.1) is 0 Å². The van der Waals surface area contributed by atoms with Gasteiger partial charge in [0, 0.05) is 11.6 Å². The summed E-state index contributed by atoms with van der Waals surface area (Å²) < 4.78 is 0. The number of benzene rings is 1. The number of rotatable bonds is 3. The zero-order valence-electron chi connectivity index (χ0n) is 10.9. The first kappa shape index (κ1) is 11.7. The molecule has 1 aliphatic carbocycles. The molecule has 88 valence electrons. The number of fused-ring (bicyclic) bond motifs is 1. The third-order valence-electron chi connectivity index (χ3n) is 3.81. The number of nitrogens with one attached hydrogen (secondary N) is 1. The van der Waals surface area contributed by atoms with Crippen molar-refractivity contribution in [3.63, 3.8) is 0 Å². The summed E-state index contributed by atoms with van der Waals surface area (Å²) in [6.07, 6.45) is 2.36. The highest BCUT2D eigenvalue weighted by Crippen LogP contribution is 2.35. The molecule has 0 bridgehead atoms. The Morgan fingerprint density at radius 2 is 1.50 bits per heavy atom. The van der Waals surface area contributed by atoms with Crippen LogP contribution in [0.5, 0.6) is 0 Å². The van der Waals surface area contributed by atoms with Crippen molar-refractivity contribution in [2.45, 2.75) is 52.1 Å². The van der Waals surface area contributed by atoms with E-state index in [0.29, 0.717) is 12.0 Å². The van der Waals surface area contributed by atoms with Gasteiger partial charge in [-0.25, -0.2) is 0 Å². The Kier molecular flexibility index (Phi) is 3.07. The van der Waals surface area contributed by atoms with Crippen LogP contribution in [0.1, 0.15) is 38.8 Å². The minimum absolute atomic E-state index is 0.276. The van der Waals surface area contributed by atoms with E-state index in [2.05, 4.69) is 57.3 Å². The zero-order chi connectivity index (χ0) is 11.8. The van der Waals surface area contributed by atoms with Crippen molar-refractivity contribution in [1.82, 2.24) is 5.32 Å². The van der Waals surface area contributed by atoms with Gasteiger partial charge in [0.05, 0.1) is 0 Å². The van der Waals surface area contributed by atoms with Crippen LogP contribution in [0.2, 0.25) is 0 Å². The topological polar surface area (TPSA) is 12.0 Å². The van der Waals surface area contributed by atoms with Crippen molar-refractivity contribution in [2.24, 2.45) is 5.92 Å². The molecule has 0 aliphatic heterocycles. The van der Waals surface area contributed by atoms with Crippen LogP contribution in [0.3, 0.4) is 0 Å². The van der Waals surface area contributed by atoms with Crippen LogP contribution in [0.15, 0.2) is 24.3 Å². The Balaban J connectivity index is 2.27. The fraction of sp³-hybridized carbons (Fsp3) is 0.600. The van der Waals surface area contributed by atoms with Gasteiger partial charge in [0.25, 0.3) is 0 Å². The van der Waals surface area contributed by atoms with Crippen molar-refractivity contribution in [3.05, 3.63) is 35.4 Å². The van der Waals surface area contributed by atoms with E-state index < -0.39 is 0 Å². The molecule has 2 rings (SSSR count). The van der Waals surface area contributed by atoms with Crippen molar-refractivity contribution >= 4 is 0 Å². The summed E-state index contributed by atoms with van der Waals surface area (Å²) >= 11 is 0. The fourth-order valence-corrected chi connectivity index (χ4v) is 2.90. The smallest absolute Gasteiger partial charge is 0.0287 e. The van der Waals surface area contributed by atoms with Crippen molar-refractivity contribution in [1.29, 1.82) is 0 Å². The highest BCUT2D eigenvalue weighted by molar-refractivity contribution is 5.36. The summed E-state index contributed by atoms with van der Waals surface area (Å²) in [5, 5.41) is 3.80. The largest absolute Gasteiger partial charge is 0.308 e. The van der Waals surface area contributed by atoms with E-state index in [9.17, 15) is 0 Å². The first-order valence-electron chi connectivity index (χ1n) is 6.38. The number of hydrogen-bond donors (Lipinski definition) is 1. The lowest BCUT2D eigenvalue weighted by atomic mass is 9.83. The summed E-state index contributed by atoms with van der Waals surface area (Å²) in [6, 6.07) is 9.43. The highest BCUT2D eigenvalue weighted by atomic mass is 15.0. The van der Waals surface area contributed by atoms with Crippen LogP contribution >= 0.6 is 0 Å². The quantitative estimate of drug-likeness (QED) is 0.820. The lowest BCUT2D eigenvalue weighted by molar-refractivity contribution is 0.229. The molecule has 1 aliphatic rings. The summed E-state index contributed by atoms with van der Waals surface area (Å²) in [6.45, 7) is 9.16. The van der Waals surface area contributed by atoms with Crippen molar-refractivity contribution in [3.8, 4) is 0 Å². The molecule has 0 fully saturated rings. The molecule has 0 aromatic heterocycles. The fourth-order valence-electron chi connectivity index (χ4n) is 2.90. The van der Waals surface area contributed by atoms with E-state index >= 15 is 0 Å². The van der Waals surface area contributed by atoms with Crippen LogP contribution in [0.25, 0.3) is 0 Å². The predicted molar refractivity (Wildman–Crippen MR) is 69.7 cm³/mol. The lowest BCUT2D eigenvalue weighted by Crippen LogP contribution is -2.53. The van der Waals surface area contributed by atoms with Crippen LogP contribution in [0, 0.1) is 5.92 Å². The Labute approximate surface area is 99.3 Å². The standard InChI is InChI=1S/C15H23N/c1-11(2)15(16-12(3)4)9-13-7-5-6-8-14(13)10-15/h5-8,11-12,16H,9-10H2,1-4H3. The molecule has 0 spiro atoms. The average Bonchev–Trinajstić information content (AvgIpc) is 2.55. The molecule has 1 N–H and O–H groups in total. The predicted octanol–water partition coefficient (Wildman–Crippen LogP) is 3.18. The maximum absolute atomic E-state index is 3.80. The second-order valence-electron chi connectivity index (χ2n) is 5.73. The first-order chi connectivity index (χ1) is 7.53. The SMILES string of the molecule is CC(C)NC1(C(C)C)Cc2ccccc2C1. The lowest BCUT2D eigenvalue weighted by Gasteiger charge is -2.37. The molecular formula is C15H23N. The molecule has 0 amide bonds. The summed E-state index contributed by atoms with van der Waals surface area (Å²) in [7, 11) is 0. The van der Waals surface area contributed by atoms with Gasteiger partial charge < -0.3 is 5.32 Å². The monoisotopic (exact) mass is 217 g/mol. The molecule has 0 heterocycles. The van der Waals surface area contributed by atoms with Gasteiger partial charge in [0.15, 0.2) is 0 Å². The molecule has 0 radical (unpaired) electrons. The second kappa shape index (κ2) is 4.21. The maximum atomic E-state index is 3.80. The molecule has 16 heavy (non-hydrogen) atoms. The third kappa shape index (κ3) is 2.01. The van der Waals surface area contributed by atoms with Crippen LogP contribution in [0.4, 0.5) is 0 Å². The second-order valence-corrected chi connectivity index (χ2v) is 5.73. The molecule has 0 unspecified atom stereocenters. The van der Waals surface area contributed by atoms with E-state index in [1.54, 1.807) is 0 Å². The van der Waals surface area contributed by atoms with Gasteiger partial charge in [0.1, 0.15) is 0 Å². The Hall–Kier alpha value is -0.820. The Morgan fingerprint density at radius 3 is 1.88 bits per heavy atom. The molecule has 1 nitrogen and oxygen atoms in total. The normalized spacial score (nSPS) is 18.1. The van der Waals surface area contributed by atoms with E-state index in [0.717, 1.165) is 0 Å². The Morgan fingerprint density at radius 1 is 1.00 bits per heavy atom. The van der Waals surface area contributed by atoms with Gasteiger partial charge in [0.2, 0.25) is 0 Å². The van der Waals surface area contributed by atoms with E-state index in [1.807, 2.05) is 0 Å². The molecule has 0 saturated heterocycles. The molecule has 0 saturated carbocycles. The van der Waals surface area contributed by atoms with Crippen molar-refractivity contribution in [2.75, 3.05) is 0 Å². The van der Waals surface area contributed by atoms with Crippen LogP contribution in [-0.4, -0.2) is 11.6 Å². The van der Waals surface area contributed by atoms with Gasteiger partial charge >= 0.3 is 0 Å². The zero-order valence-corrected chi connectivity index (χ0v) is 10.9. The van der Waals surface area contributed by atoms with E-state index in [4.69, 9.17) is 0 Å². The molecule has 1 heteroatoms. The molecular weight excluding hydrogens is 194 g/mol. The van der Waals surface area contributed by atoms with Gasteiger partial charge in [-0.3, -0.25) is 0 Å². The Bertz CT molecular complexity index is 340. The van der Waals surface area contributed by atoms with Crippen molar-refractivity contribution < 1.29 is 0 Å². The number of hydrogen-bond acceptors (Lipinski definition) is 1. The van der Waals surface area contributed by atoms with Crippen LogP contribution in [-0.2, 0) is 12.8 Å². The highest BCUT2D eigenvalue weighted by Gasteiger charge is 2.39. The minimum Gasteiger partial charge on any atom is -0.308 e. The third-order valence-corrected chi connectivity index (χ3v) is 3.81. The van der Waals surface area contributed by atoms with Crippen LogP contribution < -0.4 is 5.32 Å². The van der Waals surface area contributed by atoms with E-state index in [-0.39, 0.29) is 5.54 Å². The van der Waals surface area contributed by atoms with Gasteiger partial charge in [-0.05, 0) is 29.9 Å². The summed E-state index contributed by atoms with van der Waals surface area (Å²) in [5.74, 6) is 0.669. The van der Waals surface area contributed by atoms with Gasteiger partial charge in [-0.2, -0.15) is 0 Å². The van der Waals surface area contributed by atoms with Gasteiger partial charge in [-0.1, -0.05) is 52.0 Å². The minimum atomic E-state index is 0.276. The molecule has 1 aromatic carbocycles.